The Morgan fingerprint density at radius 3 is 2.94 bits per heavy atom. The van der Waals surface area contributed by atoms with Gasteiger partial charge in [-0.3, -0.25) is 0 Å². The van der Waals surface area contributed by atoms with Gasteiger partial charge in [0.2, 0.25) is 5.95 Å². The third-order valence-electron chi connectivity index (χ3n) is 3.20. The second kappa shape index (κ2) is 3.87. The Hall–Kier alpha value is -1.85. The summed E-state index contributed by atoms with van der Waals surface area (Å²) in [6, 6.07) is 0.445. The predicted molar refractivity (Wildman–Crippen MR) is 67.0 cm³/mol. The lowest BCUT2D eigenvalue weighted by molar-refractivity contribution is 0.691. The highest BCUT2D eigenvalue weighted by molar-refractivity contribution is 5.83. The van der Waals surface area contributed by atoms with Crippen LogP contribution >= 0.6 is 0 Å². The van der Waals surface area contributed by atoms with Gasteiger partial charge in [0.05, 0.1) is 6.33 Å². The summed E-state index contributed by atoms with van der Waals surface area (Å²) in [4.78, 5) is 16.0. The number of anilines is 2. The van der Waals surface area contributed by atoms with Crippen LogP contribution in [-0.4, -0.2) is 33.0 Å². The highest BCUT2D eigenvalue weighted by atomic mass is 15.2. The zero-order valence-corrected chi connectivity index (χ0v) is 9.99. The van der Waals surface area contributed by atoms with Crippen molar-refractivity contribution in [2.45, 2.75) is 25.8 Å². The van der Waals surface area contributed by atoms with Gasteiger partial charge in [-0.1, -0.05) is 0 Å². The van der Waals surface area contributed by atoms with E-state index in [0.717, 1.165) is 17.3 Å². The molecule has 3 rings (SSSR count). The maximum Gasteiger partial charge on any atom is 0.226 e. The summed E-state index contributed by atoms with van der Waals surface area (Å²) in [5.74, 6) is 2.20. The molecule has 6 heteroatoms. The number of nitrogens with one attached hydrogen (secondary N) is 3. The molecule has 0 spiro atoms. The number of imidazole rings is 1. The van der Waals surface area contributed by atoms with E-state index < -0.39 is 0 Å². The van der Waals surface area contributed by atoms with E-state index in [1.807, 2.05) is 7.05 Å². The maximum absolute atomic E-state index is 4.44. The van der Waals surface area contributed by atoms with Gasteiger partial charge < -0.3 is 15.6 Å². The average Bonchev–Trinajstić information content (AvgIpc) is 3.07. The zero-order valence-electron chi connectivity index (χ0n) is 9.99. The van der Waals surface area contributed by atoms with Crippen molar-refractivity contribution in [3.63, 3.8) is 0 Å². The number of rotatable bonds is 4. The third-order valence-corrected chi connectivity index (χ3v) is 3.20. The number of nitrogens with zero attached hydrogens (tertiary/aromatic N) is 3. The van der Waals surface area contributed by atoms with Crippen LogP contribution in [0.1, 0.15) is 19.8 Å². The smallest absolute Gasteiger partial charge is 0.226 e. The molecular weight excluding hydrogens is 216 g/mol. The molecular formula is C11H16N6. The summed E-state index contributed by atoms with van der Waals surface area (Å²) in [5.41, 5.74) is 1.56. The standard InChI is InChI=1S/C11H16N6/c1-6(7-3-4-7)15-10-8-9(14-5-13-8)16-11(12-2)17-10/h5-7H,3-4H2,1-2H3,(H3,12,13,14,15,16,17)/t6-/m1/s1. The first-order valence-electron chi connectivity index (χ1n) is 5.93. The number of aromatic nitrogens is 4. The first kappa shape index (κ1) is 10.3. The molecule has 17 heavy (non-hydrogen) atoms. The molecule has 6 nitrogen and oxygen atoms in total. The lowest BCUT2D eigenvalue weighted by Crippen LogP contribution is -2.19. The molecule has 2 heterocycles. The summed E-state index contributed by atoms with van der Waals surface area (Å²) < 4.78 is 0. The number of H-pyrrole nitrogens is 1. The van der Waals surface area contributed by atoms with E-state index in [2.05, 4.69) is 37.5 Å². The van der Waals surface area contributed by atoms with Gasteiger partial charge in [0.25, 0.3) is 0 Å². The molecule has 0 aromatic carbocycles. The van der Waals surface area contributed by atoms with Crippen LogP contribution in [-0.2, 0) is 0 Å². The van der Waals surface area contributed by atoms with Crippen LogP contribution in [0.15, 0.2) is 6.33 Å². The summed E-state index contributed by atoms with van der Waals surface area (Å²) in [6.45, 7) is 2.20. The third kappa shape index (κ3) is 1.90. The molecule has 0 radical (unpaired) electrons. The van der Waals surface area contributed by atoms with Crippen LogP contribution in [0, 0.1) is 5.92 Å². The van der Waals surface area contributed by atoms with Gasteiger partial charge in [-0.2, -0.15) is 9.97 Å². The second-order valence-electron chi connectivity index (χ2n) is 4.52. The normalized spacial score (nSPS) is 17.1. The minimum absolute atomic E-state index is 0.445. The first-order valence-corrected chi connectivity index (χ1v) is 5.93. The van der Waals surface area contributed by atoms with Crippen molar-refractivity contribution in [2.24, 2.45) is 5.92 Å². The van der Waals surface area contributed by atoms with Gasteiger partial charge in [0, 0.05) is 13.1 Å². The van der Waals surface area contributed by atoms with Crippen LogP contribution < -0.4 is 10.6 Å². The van der Waals surface area contributed by atoms with E-state index in [0.29, 0.717) is 17.6 Å². The fourth-order valence-corrected chi connectivity index (χ4v) is 1.98. The number of aromatic amines is 1. The van der Waals surface area contributed by atoms with Crippen molar-refractivity contribution in [1.29, 1.82) is 0 Å². The number of fused-ring (bicyclic) bond motifs is 1. The van der Waals surface area contributed by atoms with Crippen LogP contribution in [0.2, 0.25) is 0 Å². The molecule has 2 aromatic heterocycles. The molecule has 1 atom stereocenters. The number of hydrogen-bond donors (Lipinski definition) is 3. The molecule has 3 N–H and O–H groups in total. The van der Waals surface area contributed by atoms with Gasteiger partial charge in [-0.05, 0) is 25.7 Å². The SMILES string of the molecule is CNc1nc(N[C@H](C)C2CC2)c2[nH]cnc2n1. The molecule has 0 unspecified atom stereocenters. The Balaban J connectivity index is 1.97. The maximum atomic E-state index is 4.44. The van der Waals surface area contributed by atoms with Crippen LogP contribution in [0.3, 0.4) is 0 Å². The second-order valence-corrected chi connectivity index (χ2v) is 4.52. The summed E-state index contributed by atoms with van der Waals surface area (Å²) in [6.07, 6.45) is 4.26. The van der Waals surface area contributed by atoms with Crippen LogP contribution in [0.5, 0.6) is 0 Å². The Labute approximate surface area is 99.3 Å². The van der Waals surface area contributed by atoms with Crippen molar-refractivity contribution < 1.29 is 0 Å². The average molecular weight is 232 g/mol. The Morgan fingerprint density at radius 1 is 1.41 bits per heavy atom. The Kier molecular flexibility index (Phi) is 2.35. The quantitative estimate of drug-likeness (QED) is 0.746. The van der Waals surface area contributed by atoms with E-state index >= 15 is 0 Å². The number of hydrogen-bond acceptors (Lipinski definition) is 5. The van der Waals surface area contributed by atoms with Crippen molar-refractivity contribution in [1.82, 2.24) is 19.9 Å². The Bertz CT molecular complexity index is 530. The minimum Gasteiger partial charge on any atom is -0.365 e. The van der Waals surface area contributed by atoms with E-state index in [9.17, 15) is 0 Å². The highest BCUT2D eigenvalue weighted by Crippen LogP contribution is 2.34. The molecule has 0 saturated heterocycles. The summed E-state index contributed by atoms with van der Waals surface area (Å²) in [7, 11) is 1.81. The fraction of sp³-hybridized carbons (Fsp3) is 0.545. The highest BCUT2D eigenvalue weighted by Gasteiger charge is 2.28. The molecule has 90 valence electrons. The molecule has 2 aromatic rings. The largest absolute Gasteiger partial charge is 0.365 e. The van der Waals surface area contributed by atoms with Crippen molar-refractivity contribution in [3.05, 3.63) is 6.33 Å². The van der Waals surface area contributed by atoms with E-state index in [1.165, 1.54) is 12.8 Å². The molecule has 1 fully saturated rings. The van der Waals surface area contributed by atoms with Gasteiger partial charge >= 0.3 is 0 Å². The monoisotopic (exact) mass is 232 g/mol. The molecule has 1 aliphatic carbocycles. The summed E-state index contributed by atoms with van der Waals surface area (Å²) >= 11 is 0. The van der Waals surface area contributed by atoms with Gasteiger partial charge in [-0.25, -0.2) is 4.98 Å². The van der Waals surface area contributed by atoms with Crippen molar-refractivity contribution in [2.75, 3.05) is 17.7 Å². The molecule has 1 aliphatic rings. The van der Waals surface area contributed by atoms with Gasteiger partial charge in [0.15, 0.2) is 11.5 Å². The van der Waals surface area contributed by atoms with Gasteiger partial charge in [-0.15, -0.1) is 0 Å². The Morgan fingerprint density at radius 2 is 2.24 bits per heavy atom. The first-order chi connectivity index (χ1) is 8.28. The lowest BCUT2D eigenvalue weighted by atomic mass is 10.2. The van der Waals surface area contributed by atoms with E-state index in [4.69, 9.17) is 0 Å². The van der Waals surface area contributed by atoms with Crippen molar-refractivity contribution in [3.8, 4) is 0 Å². The molecule has 0 amide bonds. The lowest BCUT2D eigenvalue weighted by Gasteiger charge is -2.14. The summed E-state index contributed by atoms with van der Waals surface area (Å²) in [5, 5.41) is 6.40. The van der Waals surface area contributed by atoms with Crippen LogP contribution in [0.25, 0.3) is 11.2 Å². The zero-order chi connectivity index (χ0) is 11.8. The van der Waals surface area contributed by atoms with Crippen molar-refractivity contribution >= 4 is 22.9 Å². The molecule has 1 saturated carbocycles. The van der Waals surface area contributed by atoms with Crippen LogP contribution in [0.4, 0.5) is 11.8 Å². The van der Waals surface area contributed by atoms with E-state index in [-0.39, 0.29) is 0 Å². The fourth-order valence-electron chi connectivity index (χ4n) is 1.98. The molecule has 0 bridgehead atoms. The molecule has 0 aliphatic heterocycles. The predicted octanol–water partition coefficient (Wildman–Crippen LogP) is 1.60. The van der Waals surface area contributed by atoms with E-state index in [1.54, 1.807) is 6.33 Å². The minimum atomic E-state index is 0.445. The van der Waals surface area contributed by atoms with Gasteiger partial charge in [0.1, 0.15) is 5.52 Å². The topological polar surface area (TPSA) is 78.5 Å².